The second-order valence-corrected chi connectivity index (χ2v) is 5.69. The summed E-state index contributed by atoms with van der Waals surface area (Å²) >= 11 is 0. The molecular weight excluding hydrogens is 334 g/mol. The van der Waals surface area contributed by atoms with Crippen LogP contribution in [-0.2, 0) is 21.7 Å². The molecule has 5 unspecified atom stereocenters. The average molecular weight is 358 g/mol. The van der Waals surface area contributed by atoms with Crippen molar-refractivity contribution in [2.75, 3.05) is 0 Å². The fourth-order valence-corrected chi connectivity index (χ4v) is 3.33. The van der Waals surface area contributed by atoms with Gasteiger partial charge in [0.1, 0.15) is 0 Å². The monoisotopic (exact) mass is 356 g/mol. The number of hydrogen-bond donors (Lipinski definition) is 0. The predicted octanol–water partition coefficient (Wildman–Crippen LogP) is -4.75. The second-order valence-electron chi connectivity index (χ2n) is 5.69. The van der Waals surface area contributed by atoms with Crippen LogP contribution in [0.4, 0.5) is 0 Å². The van der Waals surface area contributed by atoms with E-state index in [0.29, 0.717) is 11.8 Å². The van der Waals surface area contributed by atoms with E-state index in [-0.39, 0.29) is 58.9 Å². The molecule has 0 aromatic carbocycles. The van der Waals surface area contributed by atoms with Gasteiger partial charge in [-0.15, -0.1) is 0 Å². The summed E-state index contributed by atoms with van der Waals surface area (Å²) in [6.45, 7) is 14.2. The largest absolute Gasteiger partial charge is 4.00 e. The zero-order chi connectivity index (χ0) is 11.3. The predicted molar refractivity (Wildman–Crippen MR) is 65.3 cm³/mol. The van der Waals surface area contributed by atoms with Gasteiger partial charge in [-0.2, -0.15) is 5.57 Å². The molecule has 0 saturated carbocycles. The average Bonchev–Trinajstić information content (AvgIpc) is 2.50. The van der Waals surface area contributed by atoms with Gasteiger partial charge in [-0.1, -0.05) is 59.3 Å². The van der Waals surface area contributed by atoms with E-state index in [4.69, 9.17) is 0 Å². The van der Waals surface area contributed by atoms with Gasteiger partial charge < -0.3 is 37.2 Å². The summed E-state index contributed by atoms with van der Waals surface area (Å²) in [5, 5.41) is 0. The van der Waals surface area contributed by atoms with Crippen LogP contribution in [0.5, 0.6) is 0 Å². The van der Waals surface area contributed by atoms with Gasteiger partial charge in [0.25, 0.3) is 0 Å². The van der Waals surface area contributed by atoms with Crippen LogP contribution in [-0.4, -0.2) is 0 Å². The molecule has 0 aliphatic heterocycles. The van der Waals surface area contributed by atoms with Crippen molar-refractivity contribution in [2.45, 2.75) is 41.5 Å². The van der Waals surface area contributed by atoms with Gasteiger partial charge in [-0.25, -0.2) is 17.2 Å². The van der Waals surface area contributed by atoms with E-state index in [2.05, 4.69) is 47.6 Å². The number of allylic oxidation sites excluding steroid dienone is 4. The maximum Gasteiger partial charge on any atom is 4.00 e. The van der Waals surface area contributed by atoms with E-state index >= 15 is 0 Å². The molecule has 0 radical (unpaired) electrons. The van der Waals surface area contributed by atoms with Gasteiger partial charge in [0.15, 0.2) is 0 Å². The quantitative estimate of drug-likeness (QED) is 0.302. The van der Waals surface area contributed by atoms with Gasteiger partial charge in [-0.05, 0) is 11.8 Å². The van der Waals surface area contributed by atoms with E-state index in [0.717, 1.165) is 17.8 Å². The molecule has 0 aromatic rings. The molecule has 0 heterocycles. The summed E-state index contributed by atoms with van der Waals surface area (Å²) < 4.78 is 0. The molecule has 5 atom stereocenters. The molecule has 0 nitrogen and oxygen atoms in total. The van der Waals surface area contributed by atoms with Crippen molar-refractivity contribution in [1.82, 2.24) is 0 Å². The molecule has 0 saturated heterocycles. The first-order chi connectivity index (χ1) is 6.95. The third-order valence-corrected chi connectivity index (χ3v) is 5.11. The minimum Gasteiger partial charge on any atom is -1.00 e. The van der Waals surface area contributed by atoms with Crippen LogP contribution in [0.3, 0.4) is 0 Å². The van der Waals surface area contributed by atoms with Gasteiger partial charge in [0.05, 0.1) is 0 Å². The molecule has 108 valence electrons. The van der Waals surface area contributed by atoms with Crippen LogP contribution in [0.1, 0.15) is 41.5 Å². The van der Waals surface area contributed by atoms with Crippen LogP contribution in [0.25, 0.3) is 0 Å². The Hall–Kier alpha value is 1.06. The first kappa shape index (κ1) is 25.0. The third-order valence-electron chi connectivity index (χ3n) is 5.11. The summed E-state index contributed by atoms with van der Waals surface area (Å²) in [4.78, 5) is 0. The first-order valence-electron chi connectivity index (χ1n) is 6.29. The standard InChI is InChI=1S/C15H23.3ClH.Ti/c1-8-7-14-12(5)10(3)11(4)13(6)15(14)9(8)2;;;;/h9-13H,1-6H3;3*1H;/q-1;;;;+4/p-3. The second kappa shape index (κ2) is 9.16. The van der Waals surface area contributed by atoms with Crippen molar-refractivity contribution in [3.05, 3.63) is 22.8 Å². The number of hydrogen-bond acceptors (Lipinski definition) is 0. The van der Waals surface area contributed by atoms with Gasteiger partial charge in [0, 0.05) is 0 Å². The molecule has 0 fully saturated rings. The first-order valence-corrected chi connectivity index (χ1v) is 6.29. The Bertz CT molecular complexity index is 349. The van der Waals surface area contributed by atoms with Gasteiger partial charge >= 0.3 is 21.7 Å². The summed E-state index contributed by atoms with van der Waals surface area (Å²) in [5.74, 6) is 3.70. The zero-order valence-electron chi connectivity index (χ0n) is 12.5. The zero-order valence-corrected chi connectivity index (χ0v) is 16.3. The molecule has 19 heavy (non-hydrogen) atoms. The van der Waals surface area contributed by atoms with E-state index in [1.54, 1.807) is 5.57 Å². The van der Waals surface area contributed by atoms with Gasteiger partial charge in [0.2, 0.25) is 0 Å². The SMILES string of the molecule is CC1=[C-]C2=C(C1C)C(C)C(C)C(C)C2C.[Cl-].[Cl-].[Cl-].[Ti+4]. The van der Waals surface area contributed by atoms with E-state index in [1.807, 2.05) is 0 Å². The molecule has 0 amide bonds. The molecule has 2 aliphatic carbocycles. The van der Waals surface area contributed by atoms with E-state index < -0.39 is 0 Å². The van der Waals surface area contributed by atoms with Crippen molar-refractivity contribution in [1.29, 1.82) is 0 Å². The number of rotatable bonds is 0. The molecule has 0 N–H and O–H groups in total. The van der Waals surface area contributed by atoms with Crippen molar-refractivity contribution in [3.8, 4) is 0 Å². The summed E-state index contributed by atoms with van der Waals surface area (Å²) in [6.07, 6.45) is 3.63. The molecule has 0 aromatic heterocycles. The minimum atomic E-state index is 0. The Labute approximate surface area is 152 Å². The smallest absolute Gasteiger partial charge is 1.00 e. The molecule has 2 aliphatic rings. The fraction of sp³-hybridized carbons (Fsp3) is 0.733. The molecule has 0 spiro atoms. The third kappa shape index (κ3) is 4.04. The maximum atomic E-state index is 3.63. The van der Waals surface area contributed by atoms with Crippen LogP contribution < -0.4 is 37.2 Å². The van der Waals surface area contributed by atoms with E-state index in [9.17, 15) is 0 Å². The minimum absolute atomic E-state index is 0. The summed E-state index contributed by atoms with van der Waals surface area (Å²) in [5.41, 5.74) is 4.67. The molecular formula is C15H23Cl3Ti. The Morgan fingerprint density at radius 3 is 1.68 bits per heavy atom. The Morgan fingerprint density at radius 1 is 0.789 bits per heavy atom. The normalized spacial score (nSPS) is 35.9. The maximum absolute atomic E-state index is 3.63. The van der Waals surface area contributed by atoms with Crippen LogP contribution in [0.15, 0.2) is 16.7 Å². The molecule has 0 bridgehead atoms. The van der Waals surface area contributed by atoms with Crippen LogP contribution in [0.2, 0.25) is 0 Å². The summed E-state index contributed by atoms with van der Waals surface area (Å²) in [6, 6.07) is 0. The van der Waals surface area contributed by atoms with Crippen molar-refractivity contribution < 1.29 is 58.9 Å². The number of halogens is 3. The fourth-order valence-electron chi connectivity index (χ4n) is 3.33. The topological polar surface area (TPSA) is 0 Å². The van der Waals surface area contributed by atoms with E-state index in [1.165, 1.54) is 11.1 Å². The molecule has 2 rings (SSSR count). The molecule has 4 heteroatoms. The van der Waals surface area contributed by atoms with Crippen molar-refractivity contribution >= 4 is 0 Å². The summed E-state index contributed by atoms with van der Waals surface area (Å²) in [7, 11) is 0. The Morgan fingerprint density at radius 2 is 1.21 bits per heavy atom. The van der Waals surface area contributed by atoms with Crippen molar-refractivity contribution in [2.24, 2.45) is 29.6 Å². The van der Waals surface area contributed by atoms with Crippen LogP contribution >= 0.6 is 0 Å². The van der Waals surface area contributed by atoms with Crippen molar-refractivity contribution in [3.63, 3.8) is 0 Å². The van der Waals surface area contributed by atoms with Crippen LogP contribution in [0, 0.1) is 35.7 Å². The Kier molecular flexibility index (Phi) is 12.1. The van der Waals surface area contributed by atoms with Gasteiger partial charge in [-0.3, -0.25) is 0 Å². The Balaban J connectivity index is -0.000000640.